The molecule has 0 spiro atoms. The lowest BCUT2D eigenvalue weighted by Gasteiger charge is -2.10. The first kappa shape index (κ1) is 16.8. The van der Waals surface area contributed by atoms with Crippen molar-refractivity contribution in [1.29, 1.82) is 5.26 Å². The van der Waals surface area contributed by atoms with Gasteiger partial charge in [0.2, 0.25) is 5.82 Å². The summed E-state index contributed by atoms with van der Waals surface area (Å²) in [6.45, 7) is 0.316. The van der Waals surface area contributed by atoms with E-state index in [0.717, 1.165) is 5.69 Å². The van der Waals surface area contributed by atoms with Gasteiger partial charge in [-0.1, -0.05) is 18.2 Å². The van der Waals surface area contributed by atoms with Crippen LogP contribution in [0.3, 0.4) is 0 Å². The van der Waals surface area contributed by atoms with Crippen LogP contribution in [0, 0.1) is 11.3 Å². The number of para-hydroxylation sites is 1. The number of anilines is 1. The van der Waals surface area contributed by atoms with Crippen LogP contribution in [0.2, 0.25) is 0 Å². The fourth-order valence-electron chi connectivity index (χ4n) is 2.15. The highest BCUT2D eigenvalue weighted by Gasteiger charge is 2.11. The number of nitrogens with one attached hydrogen (secondary N) is 3. The van der Waals surface area contributed by atoms with Crippen LogP contribution in [-0.2, 0) is 6.54 Å². The van der Waals surface area contributed by atoms with Crippen molar-refractivity contribution in [3.05, 3.63) is 71.9 Å². The quantitative estimate of drug-likeness (QED) is 0.576. The van der Waals surface area contributed by atoms with E-state index in [1.807, 2.05) is 24.3 Å². The predicted octanol–water partition coefficient (Wildman–Crippen LogP) is 1.50. The number of carbonyl (C=O) groups is 1. The molecular formula is C17H14N8O. The molecule has 3 aromatic rings. The van der Waals surface area contributed by atoms with E-state index < -0.39 is 0 Å². The molecule has 0 unspecified atom stereocenters. The van der Waals surface area contributed by atoms with Crippen LogP contribution in [0.1, 0.15) is 21.9 Å². The lowest BCUT2D eigenvalue weighted by molar-refractivity contribution is 0.0951. The van der Waals surface area contributed by atoms with Crippen LogP contribution >= 0.6 is 0 Å². The Kier molecular flexibility index (Phi) is 5.27. The summed E-state index contributed by atoms with van der Waals surface area (Å²) < 4.78 is 0. The Balaban J connectivity index is 1.73. The first-order valence-corrected chi connectivity index (χ1v) is 7.65. The van der Waals surface area contributed by atoms with Crippen LogP contribution in [0.25, 0.3) is 5.57 Å². The van der Waals surface area contributed by atoms with E-state index in [1.165, 1.54) is 6.20 Å². The average Bonchev–Trinajstić information content (AvgIpc) is 3.22. The summed E-state index contributed by atoms with van der Waals surface area (Å²) in [5, 5.41) is 28.2. The highest BCUT2D eigenvalue weighted by molar-refractivity contribution is 5.99. The molecule has 128 valence electrons. The molecule has 1 aromatic carbocycles. The second-order valence-corrected chi connectivity index (χ2v) is 5.10. The van der Waals surface area contributed by atoms with Gasteiger partial charge in [-0.3, -0.25) is 9.78 Å². The fourth-order valence-corrected chi connectivity index (χ4v) is 2.15. The van der Waals surface area contributed by atoms with Gasteiger partial charge in [0.15, 0.2) is 0 Å². The van der Waals surface area contributed by atoms with Gasteiger partial charge in [-0.05, 0) is 29.5 Å². The van der Waals surface area contributed by atoms with Crippen molar-refractivity contribution >= 4 is 17.2 Å². The smallest absolute Gasteiger partial charge is 0.253 e. The fraction of sp³-hybridized carbons (Fsp3) is 0.0588. The average molecular weight is 346 g/mol. The predicted molar refractivity (Wildman–Crippen MR) is 93.2 cm³/mol. The molecule has 2 heterocycles. The van der Waals surface area contributed by atoms with E-state index in [0.29, 0.717) is 17.8 Å². The van der Waals surface area contributed by atoms with Gasteiger partial charge in [-0.15, -0.1) is 10.2 Å². The van der Waals surface area contributed by atoms with E-state index >= 15 is 0 Å². The Morgan fingerprint density at radius 2 is 2.08 bits per heavy atom. The Hall–Kier alpha value is -4.06. The number of hydrogen-bond donors (Lipinski definition) is 3. The van der Waals surface area contributed by atoms with Crippen molar-refractivity contribution in [3.63, 3.8) is 0 Å². The van der Waals surface area contributed by atoms with Crippen LogP contribution in [0.15, 0.2) is 54.9 Å². The number of nitriles is 1. The number of aromatic amines is 1. The Morgan fingerprint density at radius 1 is 1.23 bits per heavy atom. The number of H-pyrrole nitrogens is 1. The Morgan fingerprint density at radius 3 is 2.81 bits per heavy atom. The molecule has 0 saturated heterocycles. The third-order valence-corrected chi connectivity index (χ3v) is 3.41. The second kappa shape index (κ2) is 8.16. The third kappa shape index (κ3) is 4.07. The summed E-state index contributed by atoms with van der Waals surface area (Å²) >= 11 is 0. The van der Waals surface area contributed by atoms with Gasteiger partial charge in [0.25, 0.3) is 5.91 Å². The van der Waals surface area contributed by atoms with E-state index in [4.69, 9.17) is 0 Å². The van der Waals surface area contributed by atoms with Crippen LogP contribution in [0.4, 0.5) is 5.69 Å². The summed E-state index contributed by atoms with van der Waals surface area (Å²) in [4.78, 5) is 16.6. The SMILES string of the molecule is N#CC(=CNc1ccccc1C(=O)NCc1ccccn1)c1nn[nH]n1. The first-order valence-electron chi connectivity index (χ1n) is 7.65. The molecule has 0 aliphatic heterocycles. The number of allylic oxidation sites excluding steroid dienone is 1. The summed E-state index contributed by atoms with van der Waals surface area (Å²) in [7, 11) is 0. The minimum Gasteiger partial charge on any atom is -0.360 e. The summed E-state index contributed by atoms with van der Waals surface area (Å²) in [6, 6.07) is 14.4. The highest BCUT2D eigenvalue weighted by atomic mass is 16.1. The number of aromatic nitrogens is 5. The molecule has 3 N–H and O–H groups in total. The number of carbonyl (C=O) groups excluding carboxylic acids is 1. The molecule has 0 radical (unpaired) electrons. The molecule has 0 saturated carbocycles. The minimum absolute atomic E-state index is 0.164. The van der Waals surface area contributed by atoms with E-state index in [-0.39, 0.29) is 17.3 Å². The van der Waals surface area contributed by atoms with E-state index in [9.17, 15) is 10.1 Å². The molecule has 9 heteroatoms. The van der Waals surface area contributed by atoms with Crippen molar-refractivity contribution in [2.24, 2.45) is 0 Å². The molecule has 9 nitrogen and oxygen atoms in total. The van der Waals surface area contributed by atoms with E-state index in [1.54, 1.807) is 30.5 Å². The van der Waals surface area contributed by atoms with E-state index in [2.05, 4.69) is 36.2 Å². The monoisotopic (exact) mass is 346 g/mol. The largest absolute Gasteiger partial charge is 0.360 e. The van der Waals surface area contributed by atoms with Crippen LogP contribution in [-0.4, -0.2) is 31.5 Å². The summed E-state index contributed by atoms with van der Waals surface area (Å²) in [6.07, 6.45) is 3.10. The van der Waals surface area contributed by atoms with Crippen LogP contribution in [0.5, 0.6) is 0 Å². The van der Waals surface area contributed by atoms with Crippen LogP contribution < -0.4 is 10.6 Å². The number of tetrazole rings is 1. The zero-order valence-electron chi connectivity index (χ0n) is 13.5. The van der Waals surface area contributed by atoms with Gasteiger partial charge < -0.3 is 10.6 Å². The summed E-state index contributed by atoms with van der Waals surface area (Å²) in [5.41, 5.74) is 1.92. The molecule has 1 amide bonds. The van der Waals surface area contributed by atoms with Crippen molar-refractivity contribution in [3.8, 4) is 6.07 Å². The zero-order chi connectivity index (χ0) is 18.2. The third-order valence-electron chi connectivity index (χ3n) is 3.41. The zero-order valence-corrected chi connectivity index (χ0v) is 13.5. The van der Waals surface area contributed by atoms with Gasteiger partial charge in [0, 0.05) is 12.4 Å². The lowest BCUT2D eigenvalue weighted by Crippen LogP contribution is -2.24. The van der Waals surface area contributed by atoms with Crippen molar-refractivity contribution in [2.75, 3.05) is 5.32 Å². The van der Waals surface area contributed by atoms with Gasteiger partial charge in [0.1, 0.15) is 11.6 Å². The van der Waals surface area contributed by atoms with Gasteiger partial charge >= 0.3 is 0 Å². The standard InChI is InChI=1S/C17H14N8O/c18-9-12(16-22-24-25-23-16)10-20-15-7-2-1-6-14(15)17(26)21-11-13-5-3-4-8-19-13/h1-8,10,20H,11H2,(H,21,26)(H,22,23,24,25). The Labute approximate surface area is 148 Å². The number of amides is 1. The normalized spacial score (nSPS) is 10.8. The number of nitrogens with zero attached hydrogens (tertiary/aromatic N) is 5. The molecular weight excluding hydrogens is 332 g/mol. The van der Waals surface area contributed by atoms with Gasteiger partial charge in [-0.2, -0.15) is 10.5 Å². The maximum Gasteiger partial charge on any atom is 0.253 e. The maximum absolute atomic E-state index is 12.5. The number of pyridine rings is 1. The molecule has 3 rings (SSSR count). The molecule has 2 aromatic heterocycles. The van der Waals surface area contributed by atoms with Crippen molar-refractivity contribution in [1.82, 2.24) is 30.9 Å². The number of benzene rings is 1. The van der Waals surface area contributed by atoms with Gasteiger partial charge in [0.05, 0.1) is 23.5 Å². The molecule has 0 atom stereocenters. The van der Waals surface area contributed by atoms with Gasteiger partial charge in [-0.25, -0.2) is 0 Å². The first-order chi connectivity index (χ1) is 12.8. The second-order valence-electron chi connectivity index (χ2n) is 5.10. The lowest BCUT2D eigenvalue weighted by atomic mass is 10.1. The minimum atomic E-state index is -0.259. The molecule has 0 bridgehead atoms. The topological polar surface area (TPSA) is 132 Å². The van der Waals surface area contributed by atoms with Crippen molar-refractivity contribution in [2.45, 2.75) is 6.54 Å². The molecule has 26 heavy (non-hydrogen) atoms. The molecule has 0 aliphatic rings. The number of hydrogen-bond acceptors (Lipinski definition) is 7. The maximum atomic E-state index is 12.5. The number of rotatable bonds is 6. The molecule has 0 fully saturated rings. The Bertz CT molecular complexity index is 944. The summed E-state index contributed by atoms with van der Waals surface area (Å²) in [5.74, 6) is -0.0951. The highest BCUT2D eigenvalue weighted by Crippen LogP contribution is 2.16. The molecule has 0 aliphatic carbocycles. The van der Waals surface area contributed by atoms with Crippen molar-refractivity contribution < 1.29 is 4.79 Å².